The molecule has 5 nitrogen and oxygen atoms in total. The molecule has 0 heterocycles. The van der Waals surface area contributed by atoms with E-state index in [4.69, 9.17) is 9.66 Å². The maximum Gasteiger partial charge on any atom is 0.302 e. The van der Waals surface area contributed by atoms with Crippen molar-refractivity contribution in [3.05, 3.63) is 0 Å². The van der Waals surface area contributed by atoms with Crippen molar-refractivity contribution in [2.24, 2.45) is 0 Å². The van der Waals surface area contributed by atoms with Crippen molar-refractivity contribution in [1.29, 1.82) is 0 Å². The summed E-state index contributed by atoms with van der Waals surface area (Å²) >= 11 is -2.23. The summed E-state index contributed by atoms with van der Waals surface area (Å²) in [5, 5.41) is 11.9. The van der Waals surface area contributed by atoms with Crippen LogP contribution in [0, 0.1) is 0 Å². The average Bonchev–Trinajstić information content (AvgIpc) is 2.00. The molecule has 0 fully saturated rings. The monoisotopic (exact) mass is 211 g/mol. The number of hydrogen-bond donors (Lipinski definition) is 3. The molecule has 0 aliphatic heterocycles. The van der Waals surface area contributed by atoms with Gasteiger partial charge in [0, 0.05) is 12.1 Å². The maximum absolute atomic E-state index is 10.2. The van der Waals surface area contributed by atoms with Crippen molar-refractivity contribution in [1.82, 2.24) is 5.32 Å². The second-order valence-electron chi connectivity index (χ2n) is 3.55. The first-order valence-electron chi connectivity index (χ1n) is 4.01. The predicted octanol–water partition coefficient (Wildman–Crippen LogP) is -0.111. The molecule has 0 saturated carbocycles. The molecule has 0 bridgehead atoms. The molecule has 0 aromatic rings. The van der Waals surface area contributed by atoms with Gasteiger partial charge in [-0.3, -0.25) is 8.74 Å². The highest BCUT2D eigenvalue weighted by Crippen LogP contribution is 2.00. The van der Waals surface area contributed by atoms with Crippen LogP contribution in [0.1, 0.15) is 20.8 Å². The molecule has 0 amide bonds. The van der Waals surface area contributed by atoms with Crippen LogP contribution in [0.4, 0.5) is 0 Å². The van der Waals surface area contributed by atoms with Crippen LogP contribution in [0.2, 0.25) is 0 Å². The smallest absolute Gasteiger partial charge is 0.302 e. The summed E-state index contributed by atoms with van der Waals surface area (Å²) in [6.07, 6.45) is -0.364. The van der Waals surface area contributed by atoms with Crippen molar-refractivity contribution < 1.29 is 18.1 Å². The molecule has 0 saturated heterocycles. The third kappa shape index (κ3) is 7.09. The summed E-state index contributed by atoms with van der Waals surface area (Å²) in [5.74, 6) is 0. The minimum absolute atomic E-state index is 0.00192. The standard InChI is InChI=1S/C7H17NO4S/c1-6(12-13(10)11)4-8-7(2,3)5-9/h6,8-9H,4-5H2,1-3H3,(H,10,11). The zero-order chi connectivity index (χ0) is 10.5. The Balaban J connectivity index is 3.69. The molecule has 3 N–H and O–H groups in total. The van der Waals surface area contributed by atoms with Gasteiger partial charge in [-0.25, -0.2) is 0 Å². The molecule has 0 aromatic carbocycles. The van der Waals surface area contributed by atoms with E-state index in [-0.39, 0.29) is 12.7 Å². The number of aliphatic hydroxyl groups excluding tert-OH is 1. The normalized spacial score (nSPS) is 17.0. The number of aliphatic hydroxyl groups is 1. The SMILES string of the molecule is CC(CNC(C)(C)CO)OS(=O)O. The Hall–Kier alpha value is -0.0100. The van der Waals surface area contributed by atoms with Gasteiger partial charge in [0.25, 0.3) is 0 Å². The number of hydrogen-bond acceptors (Lipinski definition) is 4. The van der Waals surface area contributed by atoms with Crippen LogP contribution >= 0.6 is 0 Å². The Kier molecular flexibility index (Phi) is 5.66. The van der Waals surface area contributed by atoms with E-state index < -0.39 is 16.9 Å². The molecular formula is C7H17NO4S. The van der Waals surface area contributed by atoms with Crippen LogP contribution < -0.4 is 5.32 Å². The maximum atomic E-state index is 10.2. The quantitative estimate of drug-likeness (QED) is 0.534. The van der Waals surface area contributed by atoms with E-state index in [1.807, 2.05) is 13.8 Å². The summed E-state index contributed by atoms with van der Waals surface area (Å²) in [5.41, 5.74) is -0.394. The molecular weight excluding hydrogens is 194 g/mol. The molecule has 2 unspecified atom stereocenters. The second-order valence-corrected chi connectivity index (χ2v) is 4.17. The van der Waals surface area contributed by atoms with Gasteiger partial charge >= 0.3 is 11.4 Å². The van der Waals surface area contributed by atoms with Crippen molar-refractivity contribution in [3.63, 3.8) is 0 Å². The average molecular weight is 211 g/mol. The number of nitrogens with one attached hydrogen (secondary N) is 1. The summed E-state index contributed by atoms with van der Waals surface area (Å²) in [4.78, 5) is 0. The highest BCUT2D eigenvalue weighted by Gasteiger charge is 2.17. The molecule has 0 radical (unpaired) electrons. The van der Waals surface area contributed by atoms with Crippen LogP contribution in [0.15, 0.2) is 0 Å². The Bertz CT molecular complexity index is 174. The first-order chi connectivity index (χ1) is 5.87. The molecule has 0 spiro atoms. The van der Waals surface area contributed by atoms with Gasteiger partial charge in [-0.05, 0) is 20.8 Å². The molecule has 80 valence electrons. The van der Waals surface area contributed by atoms with Crippen molar-refractivity contribution in [2.75, 3.05) is 13.2 Å². The fourth-order valence-electron chi connectivity index (χ4n) is 0.650. The van der Waals surface area contributed by atoms with E-state index >= 15 is 0 Å². The van der Waals surface area contributed by atoms with Gasteiger partial charge < -0.3 is 10.4 Å². The number of rotatable bonds is 6. The zero-order valence-corrected chi connectivity index (χ0v) is 8.93. The van der Waals surface area contributed by atoms with Crippen LogP contribution in [-0.2, 0) is 15.5 Å². The Labute approximate surface area is 81.0 Å². The van der Waals surface area contributed by atoms with Gasteiger partial charge in [0.15, 0.2) is 0 Å². The lowest BCUT2D eigenvalue weighted by atomic mass is 10.1. The topological polar surface area (TPSA) is 78.8 Å². The van der Waals surface area contributed by atoms with E-state index in [2.05, 4.69) is 9.50 Å². The molecule has 13 heavy (non-hydrogen) atoms. The highest BCUT2D eigenvalue weighted by atomic mass is 32.2. The summed E-state index contributed by atoms with van der Waals surface area (Å²) in [6.45, 7) is 5.75. The van der Waals surface area contributed by atoms with Gasteiger partial charge in [-0.2, -0.15) is 4.21 Å². The lowest BCUT2D eigenvalue weighted by molar-refractivity contribution is 0.159. The fraction of sp³-hybridized carbons (Fsp3) is 1.00. The van der Waals surface area contributed by atoms with E-state index in [9.17, 15) is 4.21 Å². The van der Waals surface area contributed by atoms with Gasteiger partial charge in [-0.15, -0.1) is 0 Å². The van der Waals surface area contributed by atoms with Crippen LogP contribution in [0.5, 0.6) is 0 Å². The predicted molar refractivity (Wildman–Crippen MR) is 50.5 cm³/mol. The molecule has 0 aliphatic rings. The Morgan fingerprint density at radius 2 is 2.15 bits per heavy atom. The lowest BCUT2D eigenvalue weighted by Crippen LogP contribution is -2.46. The summed E-state index contributed by atoms with van der Waals surface area (Å²) in [7, 11) is 0. The van der Waals surface area contributed by atoms with Gasteiger partial charge in [0.2, 0.25) is 0 Å². The van der Waals surface area contributed by atoms with Crippen LogP contribution in [0.25, 0.3) is 0 Å². The van der Waals surface area contributed by atoms with Gasteiger partial charge in [0.1, 0.15) is 0 Å². The molecule has 6 heteroatoms. The lowest BCUT2D eigenvalue weighted by Gasteiger charge is -2.25. The van der Waals surface area contributed by atoms with Crippen molar-refractivity contribution >= 4 is 11.4 Å². The molecule has 0 aliphatic carbocycles. The molecule has 0 rings (SSSR count). The Morgan fingerprint density at radius 3 is 2.54 bits per heavy atom. The highest BCUT2D eigenvalue weighted by molar-refractivity contribution is 7.74. The first-order valence-corrected chi connectivity index (χ1v) is 5.04. The minimum atomic E-state index is -2.23. The fourth-order valence-corrected chi connectivity index (χ4v) is 1.000. The largest absolute Gasteiger partial charge is 0.394 e. The van der Waals surface area contributed by atoms with Gasteiger partial charge in [-0.1, -0.05) is 0 Å². The van der Waals surface area contributed by atoms with E-state index in [1.165, 1.54) is 0 Å². The van der Waals surface area contributed by atoms with E-state index in [0.29, 0.717) is 6.54 Å². The third-order valence-corrected chi connectivity index (χ3v) is 2.00. The van der Waals surface area contributed by atoms with E-state index in [1.54, 1.807) is 6.92 Å². The van der Waals surface area contributed by atoms with Crippen molar-refractivity contribution in [2.45, 2.75) is 32.4 Å². The van der Waals surface area contributed by atoms with Crippen LogP contribution in [0.3, 0.4) is 0 Å². The second kappa shape index (κ2) is 5.66. The summed E-state index contributed by atoms with van der Waals surface area (Å²) in [6, 6.07) is 0. The zero-order valence-electron chi connectivity index (χ0n) is 8.11. The third-order valence-electron chi connectivity index (χ3n) is 1.51. The van der Waals surface area contributed by atoms with Crippen molar-refractivity contribution in [3.8, 4) is 0 Å². The van der Waals surface area contributed by atoms with Gasteiger partial charge in [0.05, 0.1) is 12.7 Å². The van der Waals surface area contributed by atoms with Crippen LogP contribution in [-0.4, -0.2) is 38.7 Å². The minimum Gasteiger partial charge on any atom is -0.394 e. The Morgan fingerprint density at radius 1 is 1.62 bits per heavy atom. The molecule has 0 aromatic heterocycles. The van der Waals surface area contributed by atoms with E-state index in [0.717, 1.165) is 0 Å². The first kappa shape index (κ1) is 13.0. The molecule has 2 atom stereocenters. The summed E-state index contributed by atoms with van der Waals surface area (Å²) < 4.78 is 23.2.